The molecule has 1 fully saturated rings. The molecule has 1 aliphatic rings. The highest BCUT2D eigenvalue weighted by Gasteiger charge is 2.48. The van der Waals surface area contributed by atoms with E-state index in [9.17, 15) is 23.5 Å². The largest absolute Gasteiger partial charge is 0.507 e. The molecule has 158 valence electrons. The maximum absolute atomic E-state index is 14.6. The summed E-state index contributed by atoms with van der Waals surface area (Å²) >= 11 is 7.26. The van der Waals surface area contributed by atoms with E-state index in [1.807, 2.05) is 0 Å². The number of methoxy groups -OCH3 is 1. The Morgan fingerprint density at radius 3 is 2.58 bits per heavy atom. The molecule has 1 N–H and O–H groups in total. The number of benzene rings is 2. The second kappa shape index (κ2) is 8.13. The zero-order valence-electron chi connectivity index (χ0n) is 15.9. The summed E-state index contributed by atoms with van der Waals surface area (Å²) in [5, 5.41) is 13.0. The number of thiophene rings is 1. The van der Waals surface area contributed by atoms with Crippen LogP contribution in [0.25, 0.3) is 5.76 Å². The Balaban J connectivity index is 1.94. The van der Waals surface area contributed by atoms with Gasteiger partial charge in [0, 0.05) is 16.5 Å². The number of anilines is 1. The van der Waals surface area contributed by atoms with Crippen molar-refractivity contribution in [3.8, 4) is 5.75 Å². The number of ketones is 1. The third-order valence-corrected chi connectivity index (χ3v) is 6.09. The Hall–Kier alpha value is -3.23. The molecule has 3 aromatic rings. The van der Waals surface area contributed by atoms with Crippen LogP contribution in [0.1, 0.15) is 16.5 Å². The maximum atomic E-state index is 14.6. The number of amides is 1. The Labute approximate surface area is 184 Å². The minimum Gasteiger partial charge on any atom is -0.507 e. The summed E-state index contributed by atoms with van der Waals surface area (Å²) in [5.74, 6) is -4.05. The fourth-order valence-electron chi connectivity index (χ4n) is 3.44. The van der Waals surface area contributed by atoms with Gasteiger partial charge in [0.2, 0.25) is 0 Å². The number of Topliss-reactive ketones (excluding diaryl/α,β-unsaturated/α-hetero) is 1. The lowest BCUT2D eigenvalue weighted by molar-refractivity contribution is -0.132. The quantitative estimate of drug-likeness (QED) is 0.324. The molecule has 9 heteroatoms. The molecule has 5 nitrogen and oxygen atoms in total. The highest BCUT2D eigenvalue weighted by Crippen LogP contribution is 2.44. The molecule has 1 aromatic heterocycles. The van der Waals surface area contributed by atoms with Crippen LogP contribution in [0.5, 0.6) is 5.75 Å². The first kappa shape index (κ1) is 21.0. The number of aliphatic hydroxyl groups is 1. The van der Waals surface area contributed by atoms with Gasteiger partial charge >= 0.3 is 0 Å². The number of hydrogen-bond donors (Lipinski definition) is 1. The van der Waals surface area contributed by atoms with Crippen molar-refractivity contribution in [1.82, 2.24) is 0 Å². The van der Waals surface area contributed by atoms with Crippen LogP contribution in [0.2, 0.25) is 5.02 Å². The normalized spacial score (nSPS) is 17.9. The number of halogens is 3. The van der Waals surface area contributed by atoms with Crippen LogP contribution >= 0.6 is 22.9 Å². The van der Waals surface area contributed by atoms with Crippen LogP contribution in [-0.2, 0) is 9.59 Å². The number of nitrogens with zero attached hydrogens (tertiary/aromatic N) is 1. The maximum Gasteiger partial charge on any atom is 0.300 e. The third kappa shape index (κ3) is 3.58. The molecule has 0 aliphatic carbocycles. The van der Waals surface area contributed by atoms with E-state index in [2.05, 4.69) is 0 Å². The number of hydrogen-bond acceptors (Lipinski definition) is 5. The third-order valence-electron chi connectivity index (χ3n) is 4.85. The van der Waals surface area contributed by atoms with Crippen molar-refractivity contribution in [2.45, 2.75) is 6.04 Å². The van der Waals surface area contributed by atoms with E-state index in [1.54, 1.807) is 17.5 Å². The van der Waals surface area contributed by atoms with Gasteiger partial charge in [-0.05, 0) is 41.8 Å². The van der Waals surface area contributed by atoms with Crippen LogP contribution in [0.15, 0.2) is 59.5 Å². The Morgan fingerprint density at radius 2 is 1.94 bits per heavy atom. The molecular weight excluding hydrogens is 448 g/mol. The van der Waals surface area contributed by atoms with Crippen molar-refractivity contribution in [2.24, 2.45) is 0 Å². The van der Waals surface area contributed by atoms with Crippen molar-refractivity contribution >= 4 is 46.1 Å². The highest BCUT2D eigenvalue weighted by molar-refractivity contribution is 7.10. The lowest BCUT2D eigenvalue weighted by atomic mass is 9.99. The summed E-state index contributed by atoms with van der Waals surface area (Å²) in [6.07, 6.45) is 0. The SMILES string of the molecule is COc1cc(/C(O)=C2/C(=O)C(=O)N(c3ccc(F)cc3F)C2c2cccs2)ccc1Cl. The summed E-state index contributed by atoms with van der Waals surface area (Å²) < 4.78 is 33.1. The van der Waals surface area contributed by atoms with Crippen LogP contribution in [0, 0.1) is 11.6 Å². The molecule has 1 unspecified atom stereocenters. The van der Waals surface area contributed by atoms with E-state index in [1.165, 1.54) is 36.6 Å². The van der Waals surface area contributed by atoms with Crippen LogP contribution in [0.3, 0.4) is 0 Å². The van der Waals surface area contributed by atoms with Crippen molar-refractivity contribution in [3.05, 3.63) is 86.6 Å². The summed E-state index contributed by atoms with van der Waals surface area (Å²) in [6, 6.07) is 9.34. The minimum absolute atomic E-state index is 0.195. The van der Waals surface area contributed by atoms with Gasteiger partial charge in [-0.3, -0.25) is 14.5 Å². The summed E-state index contributed by atoms with van der Waals surface area (Å²) in [7, 11) is 1.40. The number of ether oxygens (including phenoxy) is 1. The zero-order chi connectivity index (χ0) is 22.3. The first-order chi connectivity index (χ1) is 14.8. The van der Waals surface area contributed by atoms with E-state index in [4.69, 9.17) is 16.3 Å². The predicted molar refractivity (Wildman–Crippen MR) is 113 cm³/mol. The van der Waals surface area contributed by atoms with Crippen molar-refractivity contribution in [3.63, 3.8) is 0 Å². The molecule has 1 amide bonds. The number of carbonyl (C=O) groups excluding carboxylic acids is 2. The molecule has 1 saturated heterocycles. The first-order valence-electron chi connectivity index (χ1n) is 8.97. The second-order valence-corrected chi connectivity index (χ2v) is 8.02. The van der Waals surface area contributed by atoms with Crippen LogP contribution < -0.4 is 9.64 Å². The van der Waals surface area contributed by atoms with Gasteiger partial charge in [0.15, 0.2) is 0 Å². The standard InChI is InChI=1S/C22H14ClF2NO4S/c1-30-16-9-11(4-6-13(16)23)20(27)18-19(17-3-2-8-31-17)26(22(29)21(18)28)15-7-5-12(24)10-14(15)25/h2-10,19,27H,1H3/b20-18-. The molecule has 1 atom stereocenters. The monoisotopic (exact) mass is 461 g/mol. The molecule has 4 rings (SSSR count). The molecule has 2 heterocycles. The Bertz CT molecular complexity index is 1230. The first-order valence-corrected chi connectivity index (χ1v) is 10.2. The van der Waals surface area contributed by atoms with Crippen molar-refractivity contribution in [2.75, 3.05) is 12.0 Å². The van der Waals surface area contributed by atoms with Gasteiger partial charge in [-0.1, -0.05) is 17.7 Å². The lowest BCUT2D eigenvalue weighted by Gasteiger charge is -2.24. The minimum atomic E-state index is -1.10. The predicted octanol–water partition coefficient (Wildman–Crippen LogP) is 5.31. The molecule has 31 heavy (non-hydrogen) atoms. The number of aliphatic hydroxyl groups excluding tert-OH is 1. The molecule has 2 aromatic carbocycles. The molecular formula is C22H14ClF2NO4S. The van der Waals surface area contributed by atoms with E-state index < -0.39 is 35.1 Å². The van der Waals surface area contributed by atoms with Gasteiger partial charge in [0.1, 0.15) is 29.2 Å². The van der Waals surface area contributed by atoms with Gasteiger partial charge in [-0.15, -0.1) is 11.3 Å². The fourth-order valence-corrected chi connectivity index (χ4v) is 4.45. The van der Waals surface area contributed by atoms with E-state index in [-0.39, 0.29) is 22.6 Å². The molecule has 0 radical (unpaired) electrons. The van der Waals surface area contributed by atoms with Gasteiger partial charge in [0.25, 0.3) is 11.7 Å². The number of rotatable bonds is 4. The second-order valence-electron chi connectivity index (χ2n) is 6.63. The van der Waals surface area contributed by atoms with Gasteiger partial charge in [-0.25, -0.2) is 8.78 Å². The molecule has 0 saturated carbocycles. The van der Waals surface area contributed by atoms with Gasteiger partial charge in [0.05, 0.1) is 23.4 Å². The number of carbonyl (C=O) groups is 2. The summed E-state index contributed by atoms with van der Waals surface area (Å²) in [6.45, 7) is 0. The van der Waals surface area contributed by atoms with Crippen LogP contribution in [0.4, 0.5) is 14.5 Å². The van der Waals surface area contributed by atoms with E-state index in [0.29, 0.717) is 16.0 Å². The summed E-state index contributed by atoms with van der Waals surface area (Å²) in [5.41, 5.74) is -0.296. The van der Waals surface area contributed by atoms with E-state index >= 15 is 0 Å². The smallest absolute Gasteiger partial charge is 0.300 e. The fraction of sp³-hybridized carbons (Fsp3) is 0.0909. The Kier molecular flexibility index (Phi) is 5.51. The molecule has 1 aliphatic heterocycles. The van der Waals surface area contributed by atoms with Crippen LogP contribution in [-0.4, -0.2) is 23.9 Å². The average molecular weight is 462 g/mol. The van der Waals surface area contributed by atoms with E-state index in [0.717, 1.165) is 17.0 Å². The summed E-state index contributed by atoms with van der Waals surface area (Å²) in [4.78, 5) is 27.3. The average Bonchev–Trinajstić information content (AvgIpc) is 3.36. The van der Waals surface area contributed by atoms with Crippen molar-refractivity contribution < 1.29 is 28.2 Å². The zero-order valence-corrected chi connectivity index (χ0v) is 17.5. The topological polar surface area (TPSA) is 66.8 Å². The van der Waals surface area contributed by atoms with Crippen molar-refractivity contribution in [1.29, 1.82) is 0 Å². The van der Waals surface area contributed by atoms with Gasteiger partial charge < -0.3 is 9.84 Å². The Morgan fingerprint density at radius 1 is 1.16 bits per heavy atom. The molecule has 0 spiro atoms. The lowest BCUT2D eigenvalue weighted by Crippen LogP contribution is -2.30. The van der Waals surface area contributed by atoms with Gasteiger partial charge in [-0.2, -0.15) is 0 Å². The molecule has 0 bridgehead atoms. The highest BCUT2D eigenvalue weighted by atomic mass is 35.5.